The van der Waals surface area contributed by atoms with Gasteiger partial charge in [-0.3, -0.25) is 4.79 Å². The summed E-state index contributed by atoms with van der Waals surface area (Å²) >= 11 is 0. The summed E-state index contributed by atoms with van der Waals surface area (Å²) in [6.45, 7) is 7.97. The lowest BCUT2D eigenvalue weighted by molar-refractivity contribution is 0.0595. The number of nitrogens with one attached hydrogen (secondary N) is 1. The molecule has 16 heavy (non-hydrogen) atoms. The van der Waals surface area contributed by atoms with Crippen LogP contribution in [-0.2, 0) is 0 Å². The molecule has 0 atom stereocenters. The molecule has 1 aliphatic rings. The molecule has 1 aromatic heterocycles. The van der Waals surface area contributed by atoms with Crippen LogP contribution >= 0.6 is 0 Å². The molecule has 0 saturated carbocycles. The fourth-order valence-corrected chi connectivity index (χ4v) is 1.92. The summed E-state index contributed by atoms with van der Waals surface area (Å²) in [6.07, 6.45) is 0. The van der Waals surface area contributed by atoms with E-state index in [9.17, 15) is 4.79 Å². The van der Waals surface area contributed by atoms with Crippen LogP contribution in [0.3, 0.4) is 0 Å². The molecule has 0 unspecified atom stereocenters. The first-order valence-corrected chi connectivity index (χ1v) is 5.59. The summed E-state index contributed by atoms with van der Waals surface area (Å²) < 4.78 is 5.35. The fourth-order valence-electron chi connectivity index (χ4n) is 1.92. The molecule has 5 heteroatoms. The number of carbonyl (C=O) groups excluding carboxylic acids is 1. The average Bonchev–Trinajstić information content (AvgIpc) is 2.50. The molecule has 0 aromatic carbocycles. The van der Waals surface area contributed by atoms with E-state index in [1.54, 1.807) is 13.8 Å². The Bertz CT molecular complexity index is 396. The third-order valence-electron chi connectivity index (χ3n) is 2.90. The number of amides is 1. The second-order valence-electron chi connectivity index (χ2n) is 4.05. The number of oxazole rings is 1. The van der Waals surface area contributed by atoms with Crippen molar-refractivity contribution < 1.29 is 9.21 Å². The van der Waals surface area contributed by atoms with E-state index in [4.69, 9.17) is 4.42 Å². The Kier molecular flexibility index (Phi) is 2.96. The summed E-state index contributed by atoms with van der Waals surface area (Å²) in [4.78, 5) is 18.2. The summed E-state index contributed by atoms with van der Waals surface area (Å²) in [6, 6.07) is 0.294. The highest BCUT2D eigenvalue weighted by molar-refractivity contribution is 5.92. The maximum absolute atomic E-state index is 12.2. The molecule has 1 aromatic rings. The third kappa shape index (κ3) is 1.82. The predicted octanol–water partition coefficient (Wildman–Crippen LogP) is 0.725. The van der Waals surface area contributed by atoms with E-state index in [0.717, 1.165) is 13.1 Å². The number of rotatable bonds is 3. The van der Waals surface area contributed by atoms with Crippen LogP contribution in [0.25, 0.3) is 0 Å². The van der Waals surface area contributed by atoms with Gasteiger partial charge in [-0.15, -0.1) is 0 Å². The monoisotopic (exact) mass is 223 g/mol. The Labute approximate surface area is 94.8 Å². The van der Waals surface area contributed by atoms with Crippen molar-refractivity contribution in [2.75, 3.05) is 19.6 Å². The van der Waals surface area contributed by atoms with E-state index in [2.05, 4.69) is 10.3 Å². The molecule has 5 nitrogen and oxygen atoms in total. The third-order valence-corrected chi connectivity index (χ3v) is 2.90. The number of carbonyl (C=O) groups is 1. The fraction of sp³-hybridized carbons (Fsp3) is 0.636. The zero-order chi connectivity index (χ0) is 11.7. The number of aromatic nitrogens is 1. The molecule has 0 bridgehead atoms. The molecule has 2 rings (SSSR count). The van der Waals surface area contributed by atoms with Crippen molar-refractivity contribution in [3.63, 3.8) is 0 Å². The largest absolute Gasteiger partial charge is 0.436 e. The van der Waals surface area contributed by atoms with E-state index < -0.39 is 0 Å². The van der Waals surface area contributed by atoms with Crippen molar-refractivity contribution in [1.29, 1.82) is 0 Å². The van der Waals surface area contributed by atoms with Crippen molar-refractivity contribution in [2.45, 2.75) is 26.8 Å². The van der Waals surface area contributed by atoms with Crippen LogP contribution in [0.4, 0.5) is 0 Å². The first-order valence-electron chi connectivity index (χ1n) is 5.59. The number of likely N-dealkylation sites (N-methyl/N-ethyl adjacent to an activating group) is 1. The Balaban J connectivity index is 2.19. The highest BCUT2D eigenvalue weighted by Crippen LogP contribution is 2.15. The van der Waals surface area contributed by atoms with Crippen LogP contribution in [0, 0.1) is 13.8 Å². The van der Waals surface area contributed by atoms with Crippen LogP contribution in [0.2, 0.25) is 0 Å². The Morgan fingerprint density at radius 3 is 2.62 bits per heavy atom. The maximum Gasteiger partial charge on any atom is 0.291 e. The second-order valence-corrected chi connectivity index (χ2v) is 4.05. The van der Waals surface area contributed by atoms with Gasteiger partial charge in [0.15, 0.2) is 5.89 Å². The zero-order valence-electron chi connectivity index (χ0n) is 9.91. The minimum Gasteiger partial charge on any atom is -0.436 e. The number of aryl methyl sites for hydroxylation is 2. The maximum atomic E-state index is 12.2. The normalized spacial score (nSPS) is 15.9. The van der Waals surface area contributed by atoms with Crippen molar-refractivity contribution in [3.8, 4) is 0 Å². The summed E-state index contributed by atoms with van der Waals surface area (Å²) in [7, 11) is 0. The molecule has 88 valence electrons. The highest BCUT2D eigenvalue weighted by atomic mass is 16.4. The van der Waals surface area contributed by atoms with Gasteiger partial charge < -0.3 is 14.6 Å². The van der Waals surface area contributed by atoms with Crippen molar-refractivity contribution in [2.24, 2.45) is 0 Å². The summed E-state index contributed by atoms with van der Waals surface area (Å²) in [5.41, 5.74) is 0.674. The van der Waals surface area contributed by atoms with Crippen LogP contribution in [0.15, 0.2) is 4.42 Å². The molecule has 1 N–H and O–H groups in total. The lowest BCUT2D eigenvalue weighted by Crippen LogP contribution is -2.58. The van der Waals surface area contributed by atoms with Gasteiger partial charge in [0, 0.05) is 26.6 Å². The van der Waals surface area contributed by atoms with Crippen LogP contribution in [0.1, 0.15) is 29.1 Å². The van der Waals surface area contributed by atoms with Gasteiger partial charge in [-0.2, -0.15) is 0 Å². The molecule has 1 saturated heterocycles. The van der Waals surface area contributed by atoms with E-state index in [-0.39, 0.29) is 5.91 Å². The average molecular weight is 223 g/mol. The van der Waals surface area contributed by atoms with Crippen molar-refractivity contribution in [3.05, 3.63) is 17.3 Å². The van der Waals surface area contributed by atoms with Crippen LogP contribution < -0.4 is 5.32 Å². The van der Waals surface area contributed by atoms with Gasteiger partial charge >= 0.3 is 0 Å². The van der Waals surface area contributed by atoms with Gasteiger partial charge in [-0.25, -0.2) is 4.98 Å². The van der Waals surface area contributed by atoms with E-state index in [1.807, 2.05) is 11.8 Å². The quantitative estimate of drug-likeness (QED) is 0.820. The number of hydrogen-bond donors (Lipinski definition) is 1. The molecule has 2 heterocycles. The minimum absolute atomic E-state index is 0.0490. The standard InChI is InChI=1S/C11H17N3O2/c1-4-14(9-5-12-6-9)11(15)10-7(2)13-8(3)16-10/h9,12H,4-6H2,1-3H3. The second kappa shape index (κ2) is 4.25. The Hall–Kier alpha value is -1.36. The molecular weight excluding hydrogens is 206 g/mol. The van der Waals surface area contributed by atoms with E-state index in [1.165, 1.54) is 0 Å². The van der Waals surface area contributed by atoms with Gasteiger partial charge in [-0.05, 0) is 13.8 Å². The van der Waals surface area contributed by atoms with Crippen molar-refractivity contribution in [1.82, 2.24) is 15.2 Å². The van der Waals surface area contributed by atoms with E-state index >= 15 is 0 Å². The Morgan fingerprint density at radius 2 is 2.25 bits per heavy atom. The number of hydrogen-bond acceptors (Lipinski definition) is 4. The minimum atomic E-state index is -0.0490. The SMILES string of the molecule is CCN(C(=O)c1oc(C)nc1C)C1CNC1. The van der Waals surface area contributed by atoms with Gasteiger partial charge in [0.1, 0.15) is 0 Å². The van der Waals surface area contributed by atoms with Crippen LogP contribution in [-0.4, -0.2) is 41.5 Å². The molecule has 1 aliphatic heterocycles. The van der Waals surface area contributed by atoms with Gasteiger partial charge in [0.05, 0.1) is 11.7 Å². The first kappa shape index (κ1) is 11.1. The Morgan fingerprint density at radius 1 is 1.56 bits per heavy atom. The summed E-state index contributed by atoms with van der Waals surface area (Å²) in [5.74, 6) is 0.877. The zero-order valence-corrected chi connectivity index (χ0v) is 9.91. The van der Waals surface area contributed by atoms with E-state index in [0.29, 0.717) is 29.9 Å². The smallest absolute Gasteiger partial charge is 0.291 e. The van der Waals surface area contributed by atoms with Gasteiger partial charge in [0.25, 0.3) is 5.91 Å². The molecular formula is C11H17N3O2. The van der Waals surface area contributed by atoms with Gasteiger partial charge in [0.2, 0.25) is 5.76 Å². The molecule has 0 spiro atoms. The molecule has 1 amide bonds. The topological polar surface area (TPSA) is 58.4 Å². The molecule has 1 fully saturated rings. The highest BCUT2D eigenvalue weighted by Gasteiger charge is 2.30. The number of nitrogens with zero attached hydrogens (tertiary/aromatic N) is 2. The summed E-state index contributed by atoms with van der Waals surface area (Å²) in [5, 5.41) is 3.16. The molecule has 0 radical (unpaired) electrons. The molecule has 0 aliphatic carbocycles. The lowest BCUT2D eigenvalue weighted by atomic mass is 10.1. The van der Waals surface area contributed by atoms with Crippen LogP contribution in [0.5, 0.6) is 0 Å². The lowest BCUT2D eigenvalue weighted by Gasteiger charge is -2.37. The first-order chi connectivity index (χ1) is 7.63. The van der Waals surface area contributed by atoms with Crippen molar-refractivity contribution >= 4 is 5.91 Å². The predicted molar refractivity (Wildman–Crippen MR) is 59.3 cm³/mol. The van der Waals surface area contributed by atoms with Gasteiger partial charge in [-0.1, -0.05) is 0 Å².